The van der Waals surface area contributed by atoms with Gasteiger partial charge in [0.2, 0.25) is 11.8 Å². The molecule has 0 unspecified atom stereocenters. The average Bonchev–Trinajstić information content (AvgIpc) is 2.66. The SMILES string of the molecule is NC(=O)C1(NC(=O)CC2CCNCC2)CCCCCC1. The third-order valence-electron chi connectivity index (χ3n) is 4.74. The molecule has 1 aliphatic heterocycles. The molecule has 4 N–H and O–H groups in total. The Morgan fingerprint density at radius 2 is 1.70 bits per heavy atom. The minimum absolute atomic E-state index is 0.00222. The lowest BCUT2D eigenvalue weighted by atomic mass is 9.88. The number of piperidine rings is 1. The molecule has 0 aromatic rings. The van der Waals surface area contributed by atoms with Crippen LogP contribution in [0.5, 0.6) is 0 Å². The quantitative estimate of drug-likeness (QED) is 0.674. The molecule has 2 fully saturated rings. The maximum absolute atomic E-state index is 12.3. The highest BCUT2D eigenvalue weighted by Gasteiger charge is 2.38. The van der Waals surface area contributed by atoms with Gasteiger partial charge in [0.05, 0.1) is 0 Å². The molecule has 0 spiro atoms. The van der Waals surface area contributed by atoms with Gasteiger partial charge in [0.1, 0.15) is 5.54 Å². The molecule has 2 aliphatic rings. The maximum Gasteiger partial charge on any atom is 0.243 e. The Labute approximate surface area is 121 Å². The first-order chi connectivity index (χ1) is 9.62. The number of primary amides is 1. The normalized spacial score (nSPS) is 23.8. The number of amides is 2. The first-order valence-corrected chi connectivity index (χ1v) is 7.94. The molecule has 1 heterocycles. The van der Waals surface area contributed by atoms with Crippen LogP contribution in [0.1, 0.15) is 57.8 Å². The minimum Gasteiger partial charge on any atom is -0.368 e. The Balaban J connectivity index is 1.92. The van der Waals surface area contributed by atoms with Crippen LogP contribution in [0.4, 0.5) is 0 Å². The fourth-order valence-electron chi connectivity index (χ4n) is 3.43. The van der Waals surface area contributed by atoms with E-state index in [4.69, 9.17) is 5.73 Å². The Morgan fingerprint density at radius 1 is 1.10 bits per heavy atom. The van der Waals surface area contributed by atoms with E-state index in [2.05, 4.69) is 10.6 Å². The van der Waals surface area contributed by atoms with Gasteiger partial charge in [-0.15, -0.1) is 0 Å². The van der Waals surface area contributed by atoms with E-state index < -0.39 is 5.54 Å². The monoisotopic (exact) mass is 281 g/mol. The summed E-state index contributed by atoms with van der Waals surface area (Å²) >= 11 is 0. The molecule has 0 aromatic heterocycles. The smallest absolute Gasteiger partial charge is 0.243 e. The fraction of sp³-hybridized carbons (Fsp3) is 0.867. The molecule has 1 saturated carbocycles. The van der Waals surface area contributed by atoms with Crippen molar-refractivity contribution in [1.29, 1.82) is 0 Å². The van der Waals surface area contributed by atoms with Gasteiger partial charge in [-0.1, -0.05) is 25.7 Å². The highest BCUT2D eigenvalue weighted by Crippen LogP contribution is 2.27. The van der Waals surface area contributed by atoms with Crippen LogP contribution in [0.2, 0.25) is 0 Å². The molecule has 2 rings (SSSR count). The van der Waals surface area contributed by atoms with Crippen molar-refractivity contribution >= 4 is 11.8 Å². The Bertz CT molecular complexity index is 343. The largest absolute Gasteiger partial charge is 0.368 e. The van der Waals surface area contributed by atoms with E-state index in [1.54, 1.807) is 0 Å². The van der Waals surface area contributed by atoms with Crippen molar-refractivity contribution in [2.45, 2.75) is 63.3 Å². The molecule has 5 heteroatoms. The van der Waals surface area contributed by atoms with E-state index in [1.807, 2.05) is 0 Å². The van der Waals surface area contributed by atoms with Gasteiger partial charge in [0, 0.05) is 6.42 Å². The molecule has 20 heavy (non-hydrogen) atoms. The van der Waals surface area contributed by atoms with Crippen LogP contribution in [0.25, 0.3) is 0 Å². The second kappa shape index (κ2) is 7.07. The zero-order chi connectivity index (χ0) is 14.4. The highest BCUT2D eigenvalue weighted by atomic mass is 16.2. The number of carbonyl (C=O) groups is 2. The Kier molecular flexibility index (Phi) is 5.40. The molecule has 0 radical (unpaired) electrons. The highest BCUT2D eigenvalue weighted by molar-refractivity contribution is 5.90. The van der Waals surface area contributed by atoms with Crippen molar-refractivity contribution in [3.63, 3.8) is 0 Å². The molecule has 2 amide bonds. The molecule has 1 saturated heterocycles. The standard InChI is InChI=1S/C15H27N3O2/c16-14(20)15(7-3-1-2-4-8-15)18-13(19)11-12-5-9-17-10-6-12/h12,17H,1-11H2,(H2,16,20)(H,18,19). The number of nitrogens with one attached hydrogen (secondary N) is 2. The number of hydrogen-bond donors (Lipinski definition) is 3. The van der Waals surface area contributed by atoms with Gasteiger partial charge in [0.25, 0.3) is 0 Å². The maximum atomic E-state index is 12.3. The van der Waals surface area contributed by atoms with Gasteiger partial charge < -0.3 is 16.4 Å². The Hall–Kier alpha value is -1.10. The van der Waals surface area contributed by atoms with Crippen LogP contribution in [-0.2, 0) is 9.59 Å². The van der Waals surface area contributed by atoms with Gasteiger partial charge in [-0.25, -0.2) is 0 Å². The summed E-state index contributed by atoms with van der Waals surface area (Å²) in [4.78, 5) is 24.1. The van der Waals surface area contributed by atoms with Crippen LogP contribution in [0, 0.1) is 5.92 Å². The third-order valence-corrected chi connectivity index (χ3v) is 4.74. The third kappa shape index (κ3) is 3.95. The molecule has 114 valence electrons. The van der Waals surface area contributed by atoms with Gasteiger partial charge >= 0.3 is 0 Å². The lowest BCUT2D eigenvalue weighted by Gasteiger charge is -2.31. The fourth-order valence-corrected chi connectivity index (χ4v) is 3.43. The van der Waals surface area contributed by atoms with Crippen molar-refractivity contribution in [2.24, 2.45) is 11.7 Å². The summed E-state index contributed by atoms with van der Waals surface area (Å²) in [5.74, 6) is 0.0719. The average molecular weight is 281 g/mol. The van der Waals surface area contributed by atoms with Crippen molar-refractivity contribution in [1.82, 2.24) is 10.6 Å². The summed E-state index contributed by atoms with van der Waals surface area (Å²) in [5, 5.41) is 6.28. The first-order valence-electron chi connectivity index (χ1n) is 7.94. The van der Waals surface area contributed by atoms with Crippen molar-refractivity contribution in [3.8, 4) is 0 Å². The molecule has 0 atom stereocenters. The summed E-state index contributed by atoms with van der Waals surface area (Å²) in [5.41, 5.74) is 4.80. The number of hydrogen-bond acceptors (Lipinski definition) is 3. The van der Waals surface area contributed by atoms with Crippen LogP contribution in [0.3, 0.4) is 0 Å². The van der Waals surface area contributed by atoms with Crippen LogP contribution < -0.4 is 16.4 Å². The molecular weight excluding hydrogens is 254 g/mol. The molecule has 1 aliphatic carbocycles. The minimum atomic E-state index is -0.791. The number of carbonyl (C=O) groups excluding carboxylic acids is 2. The van der Waals surface area contributed by atoms with Gasteiger partial charge in [-0.05, 0) is 44.7 Å². The number of rotatable bonds is 4. The lowest BCUT2D eigenvalue weighted by Crippen LogP contribution is -2.57. The van der Waals surface area contributed by atoms with Crippen LogP contribution in [0.15, 0.2) is 0 Å². The second-order valence-electron chi connectivity index (χ2n) is 6.31. The number of nitrogens with two attached hydrogens (primary N) is 1. The summed E-state index contributed by atoms with van der Waals surface area (Å²) in [6.45, 7) is 1.97. The van der Waals surface area contributed by atoms with E-state index >= 15 is 0 Å². The lowest BCUT2D eigenvalue weighted by molar-refractivity contribution is -0.132. The van der Waals surface area contributed by atoms with E-state index in [1.165, 1.54) is 0 Å². The summed E-state index contributed by atoms with van der Waals surface area (Å²) in [6.07, 6.45) is 8.18. The van der Waals surface area contributed by atoms with Gasteiger partial charge in [0.15, 0.2) is 0 Å². The predicted molar refractivity (Wildman–Crippen MR) is 78.0 cm³/mol. The Morgan fingerprint density at radius 3 is 2.25 bits per heavy atom. The van der Waals surface area contributed by atoms with Gasteiger partial charge in [-0.3, -0.25) is 9.59 Å². The molecule has 5 nitrogen and oxygen atoms in total. The van der Waals surface area contributed by atoms with Gasteiger partial charge in [-0.2, -0.15) is 0 Å². The van der Waals surface area contributed by atoms with Crippen LogP contribution in [-0.4, -0.2) is 30.4 Å². The zero-order valence-electron chi connectivity index (χ0n) is 12.2. The summed E-state index contributed by atoms with van der Waals surface area (Å²) in [6, 6.07) is 0. The molecular formula is C15H27N3O2. The van der Waals surface area contributed by atoms with E-state index in [9.17, 15) is 9.59 Å². The van der Waals surface area contributed by atoms with E-state index in [-0.39, 0.29) is 11.8 Å². The molecule has 0 aromatic carbocycles. The predicted octanol–water partition coefficient (Wildman–Crippen LogP) is 1.07. The second-order valence-corrected chi connectivity index (χ2v) is 6.31. The topological polar surface area (TPSA) is 84.2 Å². The molecule has 0 bridgehead atoms. The van der Waals surface area contributed by atoms with Crippen LogP contribution >= 0.6 is 0 Å². The summed E-state index contributed by atoms with van der Waals surface area (Å²) < 4.78 is 0. The summed E-state index contributed by atoms with van der Waals surface area (Å²) in [7, 11) is 0. The van der Waals surface area contributed by atoms with Crippen molar-refractivity contribution < 1.29 is 9.59 Å². The van der Waals surface area contributed by atoms with Crippen molar-refractivity contribution in [2.75, 3.05) is 13.1 Å². The zero-order valence-corrected chi connectivity index (χ0v) is 12.2. The first kappa shape index (κ1) is 15.3. The van der Waals surface area contributed by atoms with E-state index in [0.717, 1.165) is 51.6 Å². The van der Waals surface area contributed by atoms with Crippen molar-refractivity contribution in [3.05, 3.63) is 0 Å². The van der Waals surface area contributed by atoms with E-state index in [0.29, 0.717) is 25.2 Å².